The monoisotopic (exact) mass is 339 g/mol. The summed E-state index contributed by atoms with van der Waals surface area (Å²) in [4.78, 5) is 16.5. The minimum absolute atomic E-state index is 0.305. The third kappa shape index (κ3) is 4.04. The molecule has 7 heteroatoms. The number of aromatic amines is 1. The Balaban J connectivity index is 1.90. The highest BCUT2D eigenvalue weighted by molar-refractivity contribution is 5.78. The summed E-state index contributed by atoms with van der Waals surface area (Å²) in [5.41, 5.74) is 1.84. The van der Waals surface area contributed by atoms with Crippen LogP contribution in [0.3, 0.4) is 0 Å². The van der Waals surface area contributed by atoms with Crippen LogP contribution in [-0.2, 0) is 6.42 Å². The van der Waals surface area contributed by atoms with Gasteiger partial charge in [-0.05, 0) is 37.6 Å². The van der Waals surface area contributed by atoms with E-state index in [1.807, 2.05) is 6.92 Å². The van der Waals surface area contributed by atoms with Crippen molar-refractivity contribution in [3.63, 3.8) is 0 Å². The van der Waals surface area contributed by atoms with E-state index >= 15 is 0 Å². The van der Waals surface area contributed by atoms with Crippen molar-refractivity contribution in [1.29, 1.82) is 0 Å². The van der Waals surface area contributed by atoms with E-state index in [1.165, 1.54) is 12.1 Å². The number of nitrogens with zero attached hydrogens (tertiary/aromatic N) is 3. The summed E-state index contributed by atoms with van der Waals surface area (Å²) in [6, 6.07) is 5.95. The zero-order valence-corrected chi connectivity index (χ0v) is 13.8. The first-order chi connectivity index (χ1) is 12.2. The number of nitrogens with one attached hydrogen (secondary N) is 2. The number of halogens is 1. The molecule has 2 aromatic heterocycles. The summed E-state index contributed by atoms with van der Waals surface area (Å²) >= 11 is 0. The van der Waals surface area contributed by atoms with Gasteiger partial charge in [-0.15, -0.1) is 12.3 Å². The maximum absolute atomic E-state index is 13.0. The molecular formula is C18H18FN5O. The highest BCUT2D eigenvalue weighted by Gasteiger charge is 2.14. The van der Waals surface area contributed by atoms with Crippen molar-refractivity contribution in [2.45, 2.75) is 26.2 Å². The van der Waals surface area contributed by atoms with Crippen LogP contribution in [0.4, 0.5) is 16.0 Å². The molecule has 0 amide bonds. The first kappa shape index (κ1) is 16.7. The van der Waals surface area contributed by atoms with Crippen molar-refractivity contribution in [2.75, 3.05) is 11.9 Å². The van der Waals surface area contributed by atoms with E-state index in [4.69, 9.17) is 11.2 Å². The number of benzene rings is 1. The van der Waals surface area contributed by atoms with E-state index in [1.54, 1.807) is 12.1 Å². The van der Waals surface area contributed by atoms with E-state index in [2.05, 4.69) is 31.2 Å². The van der Waals surface area contributed by atoms with E-state index in [-0.39, 0.29) is 5.82 Å². The van der Waals surface area contributed by atoms with Gasteiger partial charge in [0.25, 0.3) is 0 Å². The highest BCUT2D eigenvalue weighted by atomic mass is 19.1. The molecule has 0 spiro atoms. The number of hydrogen-bond donors (Lipinski definition) is 2. The number of fused-ring (bicyclic) bond motifs is 1. The quantitative estimate of drug-likeness (QED) is 0.508. The average Bonchev–Trinajstić information content (AvgIpc) is 3.01. The lowest BCUT2D eigenvalue weighted by atomic mass is 10.2. The summed E-state index contributed by atoms with van der Waals surface area (Å²) in [6.45, 7) is 2.35. The normalized spacial score (nSPS) is 10.6. The standard InChI is InChI=1S/C18H18FN5O/c1-3-5-6-7-14-21-15-16(22-14)23-18(24-17(15)25-4-2)20-13-10-8-12(19)9-11-13/h1,8-11H,4-7H2,2H3,(H2,20,21,22,23,24). The lowest BCUT2D eigenvalue weighted by molar-refractivity contribution is 0.330. The molecule has 0 aliphatic rings. The first-order valence-corrected chi connectivity index (χ1v) is 8.05. The van der Waals surface area contributed by atoms with Gasteiger partial charge in [0.05, 0.1) is 6.61 Å². The van der Waals surface area contributed by atoms with Gasteiger partial charge in [-0.25, -0.2) is 9.37 Å². The summed E-state index contributed by atoms with van der Waals surface area (Å²) in [7, 11) is 0. The molecule has 0 saturated heterocycles. The fourth-order valence-corrected chi connectivity index (χ4v) is 2.35. The molecule has 6 nitrogen and oxygen atoms in total. The summed E-state index contributed by atoms with van der Waals surface area (Å²) in [5.74, 6) is 3.86. The molecule has 0 unspecified atom stereocenters. The van der Waals surface area contributed by atoms with Gasteiger partial charge < -0.3 is 15.0 Å². The average molecular weight is 339 g/mol. The van der Waals surface area contributed by atoms with Gasteiger partial charge in [-0.2, -0.15) is 9.97 Å². The van der Waals surface area contributed by atoms with Crippen molar-refractivity contribution >= 4 is 22.8 Å². The Morgan fingerprint density at radius 2 is 2.04 bits per heavy atom. The Kier molecular flexibility index (Phi) is 5.09. The smallest absolute Gasteiger partial charge is 0.245 e. The van der Waals surface area contributed by atoms with E-state index < -0.39 is 0 Å². The predicted octanol–water partition coefficient (Wildman–Crippen LogP) is 3.59. The van der Waals surface area contributed by atoms with Crippen LogP contribution in [0.15, 0.2) is 24.3 Å². The summed E-state index contributed by atoms with van der Waals surface area (Å²) in [6.07, 6.45) is 7.54. The molecule has 0 atom stereocenters. The predicted molar refractivity (Wildman–Crippen MR) is 94.3 cm³/mol. The molecule has 0 radical (unpaired) electrons. The molecule has 0 fully saturated rings. The van der Waals surface area contributed by atoms with Gasteiger partial charge in [0, 0.05) is 18.5 Å². The lowest BCUT2D eigenvalue weighted by Crippen LogP contribution is -2.02. The number of terminal acetylenes is 1. The Morgan fingerprint density at radius 1 is 1.24 bits per heavy atom. The van der Waals surface area contributed by atoms with Crippen LogP contribution in [0, 0.1) is 18.2 Å². The number of hydrogen-bond acceptors (Lipinski definition) is 5. The van der Waals surface area contributed by atoms with Gasteiger partial charge in [-0.3, -0.25) is 0 Å². The van der Waals surface area contributed by atoms with Crippen LogP contribution in [0.1, 0.15) is 25.6 Å². The van der Waals surface area contributed by atoms with E-state index in [9.17, 15) is 4.39 Å². The number of H-pyrrole nitrogens is 1. The molecule has 3 aromatic rings. The Hall–Kier alpha value is -3.14. The van der Waals surface area contributed by atoms with Crippen LogP contribution in [0.2, 0.25) is 0 Å². The van der Waals surface area contributed by atoms with Crippen LogP contribution < -0.4 is 10.1 Å². The molecular weight excluding hydrogens is 321 g/mol. The molecule has 0 bridgehead atoms. The number of ether oxygens (including phenoxy) is 1. The molecule has 2 heterocycles. The molecule has 128 valence electrons. The zero-order chi connectivity index (χ0) is 17.6. The van der Waals surface area contributed by atoms with Gasteiger partial charge in [0.1, 0.15) is 17.2 Å². The minimum atomic E-state index is -0.305. The zero-order valence-electron chi connectivity index (χ0n) is 13.8. The highest BCUT2D eigenvalue weighted by Crippen LogP contribution is 2.24. The third-order valence-corrected chi connectivity index (χ3v) is 3.48. The topological polar surface area (TPSA) is 75.7 Å². The van der Waals surface area contributed by atoms with Crippen molar-refractivity contribution in [1.82, 2.24) is 19.9 Å². The van der Waals surface area contributed by atoms with Crippen LogP contribution >= 0.6 is 0 Å². The summed E-state index contributed by atoms with van der Waals surface area (Å²) < 4.78 is 18.6. The number of aryl methyl sites for hydroxylation is 1. The second-order valence-corrected chi connectivity index (χ2v) is 5.36. The second-order valence-electron chi connectivity index (χ2n) is 5.36. The van der Waals surface area contributed by atoms with Crippen LogP contribution in [0.25, 0.3) is 11.2 Å². The number of unbranched alkanes of at least 4 members (excludes halogenated alkanes) is 1. The first-order valence-electron chi connectivity index (χ1n) is 8.05. The maximum atomic E-state index is 13.0. The van der Waals surface area contributed by atoms with E-state index in [0.29, 0.717) is 41.7 Å². The summed E-state index contributed by atoms with van der Waals surface area (Å²) in [5, 5.41) is 3.03. The van der Waals surface area contributed by atoms with Crippen molar-refractivity contribution < 1.29 is 9.13 Å². The molecule has 0 saturated carbocycles. The molecule has 0 aliphatic heterocycles. The molecule has 3 rings (SSSR count). The fraction of sp³-hybridized carbons (Fsp3) is 0.278. The van der Waals surface area contributed by atoms with Gasteiger partial charge >= 0.3 is 0 Å². The second kappa shape index (κ2) is 7.62. The van der Waals surface area contributed by atoms with E-state index in [0.717, 1.165) is 18.7 Å². The van der Waals surface area contributed by atoms with Gasteiger partial charge in [0.2, 0.25) is 11.8 Å². The Bertz CT molecular complexity index is 898. The number of imidazole rings is 1. The number of rotatable bonds is 7. The van der Waals surface area contributed by atoms with Crippen LogP contribution in [0.5, 0.6) is 5.88 Å². The maximum Gasteiger partial charge on any atom is 0.245 e. The SMILES string of the molecule is C#CCCCc1nc2nc(Nc3ccc(F)cc3)nc(OCC)c2[nH]1. The fourth-order valence-electron chi connectivity index (χ4n) is 2.35. The number of anilines is 2. The molecule has 25 heavy (non-hydrogen) atoms. The Morgan fingerprint density at radius 3 is 2.76 bits per heavy atom. The number of aromatic nitrogens is 4. The van der Waals surface area contributed by atoms with Crippen molar-refractivity contribution in [3.8, 4) is 18.2 Å². The van der Waals surface area contributed by atoms with Crippen molar-refractivity contribution in [2.24, 2.45) is 0 Å². The third-order valence-electron chi connectivity index (χ3n) is 3.48. The van der Waals surface area contributed by atoms with Crippen molar-refractivity contribution in [3.05, 3.63) is 35.9 Å². The van der Waals surface area contributed by atoms with Gasteiger partial charge in [-0.1, -0.05) is 0 Å². The molecule has 1 aromatic carbocycles. The molecule has 2 N–H and O–H groups in total. The lowest BCUT2D eigenvalue weighted by Gasteiger charge is -2.07. The van der Waals surface area contributed by atoms with Crippen LogP contribution in [-0.4, -0.2) is 26.5 Å². The largest absolute Gasteiger partial charge is 0.476 e. The minimum Gasteiger partial charge on any atom is -0.476 e. The Labute approximate surface area is 144 Å². The van der Waals surface area contributed by atoms with Gasteiger partial charge in [0.15, 0.2) is 5.65 Å². The molecule has 0 aliphatic carbocycles.